The standard InChI is InChI=1S/C11H10BrF5O2/c12-6-2-4-7-3-1-5-8(19-11(15,16)17)9(7)18-10(13)14/h1,3,5,10H,2,4,6H2. The number of ether oxygens (including phenoxy) is 2. The monoisotopic (exact) mass is 348 g/mol. The van der Waals surface area contributed by atoms with Gasteiger partial charge in [-0.1, -0.05) is 28.1 Å². The average Bonchev–Trinajstić information content (AvgIpc) is 2.27. The van der Waals surface area contributed by atoms with Gasteiger partial charge in [0, 0.05) is 5.33 Å². The van der Waals surface area contributed by atoms with E-state index in [4.69, 9.17) is 0 Å². The maximum atomic E-state index is 12.3. The fraction of sp³-hybridized carbons (Fsp3) is 0.455. The Morgan fingerprint density at radius 3 is 2.42 bits per heavy atom. The van der Waals surface area contributed by atoms with Gasteiger partial charge >= 0.3 is 13.0 Å². The first-order valence-electron chi connectivity index (χ1n) is 5.22. The van der Waals surface area contributed by atoms with Crippen molar-refractivity contribution in [3.8, 4) is 11.5 Å². The van der Waals surface area contributed by atoms with Crippen LogP contribution in [-0.4, -0.2) is 18.3 Å². The molecule has 0 saturated heterocycles. The lowest BCUT2D eigenvalue weighted by molar-refractivity contribution is -0.275. The second-order valence-electron chi connectivity index (χ2n) is 3.46. The average molecular weight is 349 g/mol. The normalized spacial score (nSPS) is 11.7. The molecule has 8 heteroatoms. The van der Waals surface area contributed by atoms with Crippen LogP contribution in [0.15, 0.2) is 18.2 Å². The highest BCUT2D eigenvalue weighted by atomic mass is 79.9. The molecule has 0 N–H and O–H groups in total. The van der Waals surface area contributed by atoms with Gasteiger partial charge in [-0.25, -0.2) is 0 Å². The van der Waals surface area contributed by atoms with Crippen molar-refractivity contribution in [2.24, 2.45) is 0 Å². The van der Waals surface area contributed by atoms with Crippen LogP contribution in [0, 0.1) is 0 Å². The zero-order valence-corrected chi connectivity index (χ0v) is 11.1. The first kappa shape index (κ1) is 16.0. The molecule has 0 amide bonds. The summed E-state index contributed by atoms with van der Waals surface area (Å²) in [5.74, 6) is -1.34. The summed E-state index contributed by atoms with van der Waals surface area (Å²) in [5.41, 5.74) is 0.238. The Morgan fingerprint density at radius 1 is 1.21 bits per heavy atom. The van der Waals surface area contributed by atoms with Crippen LogP contribution in [-0.2, 0) is 6.42 Å². The molecule has 0 saturated carbocycles. The van der Waals surface area contributed by atoms with Crippen LogP contribution in [0.5, 0.6) is 11.5 Å². The molecule has 0 spiro atoms. The van der Waals surface area contributed by atoms with E-state index in [9.17, 15) is 22.0 Å². The van der Waals surface area contributed by atoms with Crippen molar-refractivity contribution in [3.05, 3.63) is 23.8 Å². The molecule has 19 heavy (non-hydrogen) atoms. The molecule has 108 valence electrons. The van der Waals surface area contributed by atoms with Crippen molar-refractivity contribution in [2.45, 2.75) is 25.8 Å². The summed E-state index contributed by atoms with van der Waals surface area (Å²) in [6.45, 7) is -3.22. The van der Waals surface area contributed by atoms with Crippen molar-refractivity contribution in [1.82, 2.24) is 0 Å². The predicted molar refractivity (Wildman–Crippen MR) is 61.9 cm³/mol. The van der Waals surface area contributed by atoms with Gasteiger partial charge in [-0.3, -0.25) is 0 Å². The summed E-state index contributed by atoms with van der Waals surface area (Å²) in [6, 6.07) is 3.65. The highest BCUT2D eigenvalue weighted by Gasteiger charge is 2.33. The highest BCUT2D eigenvalue weighted by Crippen LogP contribution is 2.36. The fourth-order valence-electron chi connectivity index (χ4n) is 1.44. The molecule has 0 aliphatic heterocycles. The molecule has 0 heterocycles. The fourth-order valence-corrected chi connectivity index (χ4v) is 1.72. The summed E-state index contributed by atoms with van der Waals surface area (Å²) in [6.07, 6.45) is -4.11. The summed E-state index contributed by atoms with van der Waals surface area (Å²) in [4.78, 5) is 0. The third kappa shape index (κ3) is 5.63. The summed E-state index contributed by atoms with van der Waals surface area (Å²) in [5, 5.41) is 0.589. The summed E-state index contributed by atoms with van der Waals surface area (Å²) < 4.78 is 68.9. The van der Waals surface area contributed by atoms with Gasteiger partial charge in [-0.05, 0) is 24.5 Å². The van der Waals surface area contributed by atoms with Crippen molar-refractivity contribution < 1.29 is 31.4 Å². The minimum atomic E-state index is -4.96. The molecule has 0 radical (unpaired) electrons. The number of alkyl halides is 6. The van der Waals surface area contributed by atoms with Crippen molar-refractivity contribution in [1.29, 1.82) is 0 Å². The third-order valence-corrected chi connectivity index (χ3v) is 2.63. The van der Waals surface area contributed by atoms with E-state index >= 15 is 0 Å². The van der Waals surface area contributed by atoms with Crippen molar-refractivity contribution >= 4 is 15.9 Å². The zero-order valence-electron chi connectivity index (χ0n) is 9.52. The largest absolute Gasteiger partial charge is 0.573 e. The van der Waals surface area contributed by atoms with Crippen LogP contribution < -0.4 is 9.47 Å². The van der Waals surface area contributed by atoms with Crippen LogP contribution >= 0.6 is 15.9 Å². The van der Waals surface area contributed by atoms with Gasteiger partial charge in [-0.15, -0.1) is 13.2 Å². The minimum absolute atomic E-state index is 0.238. The topological polar surface area (TPSA) is 18.5 Å². The Kier molecular flexibility index (Phi) is 5.84. The Balaban J connectivity index is 3.06. The molecular formula is C11H10BrF5O2. The van der Waals surface area contributed by atoms with Crippen molar-refractivity contribution in [3.63, 3.8) is 0 Å². The van der Waals surface area contributed by atoms with Crippen molar-refractivity contribution in [2.75, 3.05) is 5.33 Å². The molecule has 0 fully saturated rings. The van der Waals surface area contributed by atoms with E-state index in [1.54, 1.807) is 0 Å². The molecule has 0 aliphatic carbocycles. The minimum Gasteiger partial charge on any atom is -0.431 e. The molecule has 0 unspecified atom stereocenters. The summed E-state index contributed by atoms with van der Waals surface area (Å²) in [7, 11) is 0. The number of rotatable bonds is 6. The van der Waals surface area contributed by atoms with Gasteiger partial charge in [0.25, 0.3) is 0 Å². The van der Waals surface area contributed by atoms with E-state index in [-0.39, 0.29) is 5.56 Å². The maximum absolute atomic E-state index is 12.3. The zero-order chi connectivity index (χ0) is 14.5. The molecule has 1 aromatic carbocycles. The second kappa shape index (κ2) is 6.93. The highest BCUT2D eigenvalue weighted by molar-refractivity contribution is 9.09. The number of benzene rings is 1. The quantitative estimate of drug-likeness (QED) is 0.556. The molecule has 2 nitrogen and oxygen atoms in total. The lowest BCUT2D eigenvalue weighted by Crippen LogP contribution is -2.18. The Hall–Kier alpha value is -1.05. The lowest BCUT2D eigenvalue weighted by atomic mass is 10.1. The molecule has 0 aliphatic rings. The van der Waals surface area contributed by atoms with E-state index < -0.39 is 24.5 Å². The second-order valence-corrected chi connectivity index (χ2v) is 4.26. The van der Waals surface area contributed by atoms with Crippen LogP contribution in [0.1, 0.15) is 12.0 Å². The molecule has 1 rings (SSSR count). The van der Waals surface area contributed by atoms with Gasteiger partial charge in [-0.2, -0.15) is 8.78 Å². The van der Waals surface area contributed by atoms with Crippen LogP contribution in [0.2, 0.25) is 0 Å². The SMILES string of the molecule is FC(F)Oc1c(CCCBr)cccc1OC(F)(F)F. The maximum Gasteiger partial charge on any atom is 0.573 e. The molecule has 0 bridgehead atoms. The van der Waals surface area contributed by atoms with Gasteiger partial charge in [0.1, 0.15) is 0 Å². The number of halogens is 6. The Labute approximate surface area is 114 Å². The molecule has 1 aromatic rings. The van der Waals surface area contributed by atoms with Gasteiger partial charge in [0.05, 0.1) is 0 Å². The smallest absolute Gasteiger partial charge is 0.431 e. The van der Waals surface area contributed by atoms with Gasteiger partial charge < -0.3 is 9.47 Å². The number of para-hydroxylation sites is 1. The van der Waals surface area contributed by atoms with Crippen LogP contribution in [0.25, 0.3) is 0 Å². The third-order valence-electron chi connectivity index (χ3n) is 2.07. The number of aryl methyl sites for hydroxylation is 1. The Bertz CT molecular complexity index is 409. The molecular weight excluding hydrogens is 339 g/mol. The van der Waals surface area contributed by atoms with E-state index in [0.717, 1.165) is 6.07 Å². The Morgan fingerprint density at radius 2 is 1.89 bits per heavy atom. The van der Waals surface area contributed by atoms with Gasteiger partial charge in [0.2, 0.25) is 0 Å². The van der Waals surface area contributed by atoms with E-state index in [1.807, 2.05) is 0 Å². The summed E-state index contributed by atoms with van der Waals surface area (Å²) >= 11 is 3.15. The van der Waals surface area contributed by atoms with Crippen LogP contribution in [0.4, 0.5) is 22.0 Å². The molecule has 0 atom stereocenters. The van der Waals surface area contributed by atoms with E-state index in [2.05, 4.69) is 25.4 Å². The van der Waals surface area contributed by atoms with E-state index in [0.29, 0.717) is 18.2 Å². The first-order chi connectivity index (χ1) is 8.83. The van der Waals surface area contributed by atoms with E-state index in [1.165, 1.54) is 12.1 Å². The first-order valence-corrected chi connectivity index (χ1v) is 6.34. The number of hydrogen-bond donors (Lipinski definition) is 0. The van der Waals surface area contributed by atoms with Crippen LogP contribution in [0.3, 0.4) is 0 Å². The molecule has 0 aromatic heterocycles. The predicted octanol–water partition coefficient (Wildman–Crippen LogP) is 4.51. The lowest BCUT2D eigenvalue weighted by Gasteiger charge is -2.16. The van der Waals surface area contributed by atoms with Gasteiger partial charge in [0.15, 0.2) is 11.5 Å². The number of hydrogen-bond acceptors (Lipinski definition) is 2.